The number of nitrogens with zero attached hydrogens (tertiary/aromatic N) is 3. The Balaban J connectivity index is 2.13. The average molecular weight is 262 g/mol. The summed E-state index contributed by atoms with van der Waals surface area (Å²) >= 11 is 0. The van der Waals surface area contributed by atoms with Crippen molar-refractivity contribution in [2.75, 3.05) is 24.3 Å². The van der Waals surface area contributed by atoms with Crippen molar-refractivity contribution in [2.24, 2.45) is 7.05 Å². The third-order valence-corrected chi connectivity index (χ3v) is 2.96. The van der Waals surface area contributed by atoms with Crippen LogP contribution in [-0.4, -0.2) is 33.9 Å². The van der Waals surface area contributed by atoms with E-state index >= 15 is 0 Å². The number of imidazole rings is 1. The van der Waals surface area contributed by atoms with E-state index in [1.54, 1.807) is 18.3 Å². The maximum Gasteiger partial charge on any atom is 0.204 e. The summed E-state index contributed by atoms with van der Waals surface area (Å²) in [6.07, 6.45) is 1.77. The van der Waals surface area contributed by atoms with Gasteiger partial charge in [0.15, 0.2) is 11.5 Å². The van der Waals surface area contributed by atoms with E-state index in [-0.39, 0.29) is 11.5 Å². The minimum Gasteiger partial charge on any atom is -0.504 e. The summed E-state index contributed by atoms with van der Waals surface area (Å²) in [6, 6.07) is 4.89. The second-order valence-corrected chi connectivity index (χ2v) is 4.53. The van der Waals surface area contributed by atoms with Crippen LogP contribution in [0.2, 0.25) is 0 Å². The number of nitrogens with one attached hydrogen (secondary N) is 1. The summed E-state index contributed by atoms with van der Waals surface area (Å²) in [6.45, 7) is 0.387. The molecule has 0 saturated carbocycles. The molecule has 2 aromatic rings. The molecule has 0 radical (unpaired) electrons. The molecule has 1 heterocycles. The van der Waals surface area contributed by atoms with Gasteiger partial charge in [-0.3, -0.25) is 0 Å². The Bertz CT molecular complexity index is 578. The van der Waals surface area contributed by atoms with E-state index in [1.165, 1.54) is 6.07 Å². The number of benzene rings is 1. The summed E-state index contributed by atoms with van der Waals surface area (Å²) < 4.78 is 1.92. The Hall–Kier alpha value is -2.37. The molecular weight excluding hydrogens is 244 g/mol. The normalized spacial score (nSPS) is 10.5. The van der Waals surface area contributed by atoms with Crippen LogP contribution in [0, 0.1) is 0 Å². The van der Waals surface area contributed by atoms with Crippen molar-refractivity contribution in [2.45, 2.75) is 6.54 Å². The molecule has 0 fully saturated rings. The third kappa shape index (κ3) is 2.57. The van der Waals surface area contributed by atoms with Crippen LogP contribution in [0.3, 0.4) is 0 Å². The highest BCUT2D eigenvalue weighted by Gasteiger charge is 2.09. The van der Waals surface area contributed by atoms with Gasteiger partial charge in [0.1, 0.15) is 5.82 Å². The van der Waals surface area contributed by atoms with Gasteiger partial charge >= 0.3 is 0 Å². The van der Waals surface area contributed by atoms with Crippen LogP contribution in [-0.2, 0) is 13.6 Å². The van der Waals surface area contributed by atoms with E-state index in [0.29, 0.717) is 18.1 Å². The number of anilines is 2. The fourth-order valence-corrected chi connectivity index (χ4v) is 1.87. The SMILES string of the molecule is CN(C)c1cnc(NCc2cccc(O)c2O)n1C. The Labute approximate surface area is 111 Å². The first kappa shape index (κ1) is 13.1. The topological polar surface area (TPSA) is 73.6 Å². The van der Waals surface area contributed by atoms with Gasteiger partial charge in [-0.2, -0.15) is 0 Å². The second kappa shape index (κ2) is 5.09. The first-order chi connectivity index (χ1) is 9.00. The van der Waals surface area contributed by atoms with E-state index in [9.17, 15) is 10.2 Å². The predicted molar refractivity (Wildman–Crippen MR) is 74.6 cm³/mol. The number of phenols is 2. The van der Waals surface area contributed by atoms with Crippen LogP contribution in [0.4, 0.5) is 11.8 Å². The minimum absolute atomic E-state index is 0.1000. The minimum atomic E-state index is -0.117. The molecule has 0 spiro atoms. The van der Waals surface area contributed by atoms with Crippen molar-refractivity contribution in [3.05, 3.63) is 30.0 Å². The summed E-state index contributed by atoms with van der Waals surface area (Å²) in [5.74, 6) is 1.46. The lowest BCUT2D eigenvalue weighted by Crippen LogP contribution is -2.14. The quantitative estimate of drug-likeness (QED) is 0.728. The van der Waals surface area contributed by atoms with Gasteiger partial charge in [-0.15, -0.1) is 0 Å². The van der Waals surface area contributed by atoms with E-state index in [1.807, 2.05) is 30.6 Å². The lowest BCUT2D eigenvalue weighted by Gasteiger charge is -2.14. The Morgan fingerprint density at radius 3 is 2.68 bits per heavy atom. The zero-order valence-corrected chi connectivity index (χ0v) is 11.3. The van der Waals surface area contributed by atoms with Gasteiger partial charge in [-0.05, 0) is 6.07 Å². The number of rotatable bonds is 4. The fraction of sp³-hybridized carbons (Fsp3) is 0.308. The maximum atomic E-state index is 9.71. The first-order valence-corrected chi connectivity index (χ1v) is 5.93. The molecule has 0 aliphatic carbocycles. The Morgan fingerprint density at radius 1 is 1.32 bits per heavy atom. The monoisotopic (exact) mass is 262 g/mol. The van der Waals surface area contributed by atoms with Gasteiger partial charge in [0.05, 0.1) is 6.20 Å². The van der Waals surface area contributed by atoms with Gasteiger partial charge < -0.3 is 25.0 Å². The Morgan fingerprint density at radius 2 is 2.05 bits per heavy atom. The molecule has 0 amide bonds. The van der Waals surface area contributed by atoms with Gasteiger partial charge in [-0.25, -0.2) is 4.98 Å². The summed E-state index contributed by atoms with van der Waals surface area (Å²) in [4.78, 5) is 6.23. The van der Waals surface area contributed by atoms with Crippen LogP contribution < -0.4 is 10.2 Å². The molecule has 0 saturated heterocycles. The van der Waals surface area contributed by atoms with Crippen molar-refractivity contribution in [3.63, 3.8) is 0 Å². The van der Waals surface area contributed by atoms with Crippen molar-refractivity contribution >= 4 is 11.8 Å². The largest absolute Gasteiger partial charge is 0.504 e. The van der Waals surface area contributed by atoms with Crippen LogP contribution >= 0.6 is 0 Å². The predicted octanol–water partition coefficient (Wildman–Crippen LogP) is 1.51. The van der Waals surface area contributed by atoms with E-state index < -0.39 is 0 Å². The molecule has 1 aromatic carbocycles. The third-order valence-electron chi connectivity index (χ3n) is 2.96. The molecule has 102 valence electrons. The molecule has 0 atom stereocenters. The standard InChI is InChI=1S/C13H18N4O2/c1-16(2)11-8-15-13(17(11)3)14-7-9-5-4-6-10(18)12(9)19/h4-6,8,18-19H,7H2,1-3H3,(H,14,15). The van der Waals surface area contributed by atoms with Crippen molar-refractivity contribution in [3.8, 4) is 11.5 Å². The molecule has 19 heavy (non-hydrogen) atoms. The number of aromatic nitrogens is 2. The zero-order valence-electron chi connectivity index (χ0n) is 11.3. The van der Waals surface area contributed by atoms with Gasteiger partial charge in [0, 0.05) is 33.3 Å². The zero-order chi connectivity index (χ0) is 14.0. The molecule has 2 rings (SSSR count). The molecule has 0 bridgehead atoms. The first-order valence-electron chi connectivity index (χ1n) is 5.93. The van der Waals surface area contributed by atoms with E-state index in [0.717, 1.165) is 5.82 Å². The van der Waals surface area contributed by atoms with Crippen LogP contribution in [0.5, 0.6) is 11.5 Å². The van der Waals surface area contributed by atoms with E-state index in [4.69, 9.17) is 0 Å². The lowest BCUT2D eigenvalue weighted by atomic mass is 10.2. The maximum absolute atomic E-state index is 9.71. The number of phenolic OH excluding ortho intramolecular Hbond substituents is 2. The van der Waals surface area contributed by atoms with Crippen molar-refractivity contribution in [1.82, 2.24) is 9.55 Å². The fourth-order valence-electron chi connectivity index (χ4n) is 1.87. The Kier molecular flexibility index (Phi) is 3.50. The molecule has 0 unspecified atom stereocenters. The van der Waals surface area contributed by atoms with Crippen molar-refractivity contribution in [1.29, 1.82) is 0 Å². The molecule has 1 aromatic heterocycles. The summed E-state index contributed by atoms with van der Waals surface area (Å²) in [5.41, 5.74) is 0.620. The highest BCUT2D eigenvalue weighted by atomic mass is 16.3. The van der Waals surface area contributed by atoms with Crippen molar-refractivity contribution < 1.29 is 10.2 Å². The molecule has 0 aliphatic heterocycles. The summed E-state index contributed by atoms with van der Waals surface area (Å²) in [5, 5.41) is 22.3. The van der Waals surface area contributed by atoms with Gasteiger partial charge in [0.25, 0.3) is 0 Å². The summed E-state index contributed by atoms with van der Waals surface area (Å²) in [7, 11) is 5.80. The average Bonchev–Trinajstić information content (AvgIpc) is 2.73. The molecule has 6 nitrogen and oxygen atoms in total. The van der Waals surface area contributed by atoms with Gasteiger partial charge in [0.2, 0.25) is 5.95 Å². The second-order valence-electron chi connectivity index (χ2n) is 4.53. The number of hydrogen-bond donors (Lipinski definition) is 3. The van der Waals surface area contributed by atoms with Crippen LogP contribution in [0.1, 0.15) is 5.56 Å². The molecular formula is C13H18N4O2. The highest BCUT2D eigenvalue weighted by Crippen LogP contribution is 2.28. The smallest absolute Gasteiger partial charge is 0.204 e. The van der Waals surface area contributed by atoms with Gasteiger partial charge in [-0.1, -0.05) is 12.1 Å². The number of aromatic hydroxyl groups is 2. The molecule has 6 heteroatoms. The number of para-hydroxylation sites is 1. The number of hydrogen-bond acceptors (Lipinski definition) is 5. The lowest BCUT2D eigenvalue weighted by molar-refractivity contribution is 0.400. The molecule has 3 N–H and O–H groups in total. The van der Waals surface area contributed by atoms with E-state index in [2.05, 4.69) is 10.3 Å². The van der Waals surface area contributed by atoms with Crippen LogP contribution in [0.15, 0.2) is 24.4 Å². The molecule has 0 aliphatic rings. The highest BCUT2D eigenvalue weighted by molar-refractivity contribution is 5.48. The van der Waals surface area contributed by atoms with Crippen LogP contribution in [0.25, 0.3) is 0 Å².